The third-order valence-corrected chi connectivity index (χ3v) is 3.22. The summed E-state index contributed by atoms with van der Waals surface area (Å²) >= 11 is 0. The zero-order chi connectivity index (χ0) is 12.0. The second-order valence-corrected chi connectivity index (χ2v) is 4.34. The number of methoxy groups -OCH3 is 1. The summed E-state index contributed by atoms with van der Waals surface area (Å²) in [7, 11) is 1.34. The fourth-order valence-corrected chi connectivity index (χ4v) is 2.19. The van der Waals surface area contributed by atoms with E-state index in [1.54, 1.807) is 4.90 Å². The molecule has 1 amide bonds. The third-order valence-electron chi connectivity index (χ3n) is 3.22. The van der Waals surface area contributed by atoms with Gasteiger partial charge in [0, 0.05) is 13.0 Å². The van der Waals surface area contributed by atoms with E-state index in [0.29, 0.717) is 18.9 Å². The molecule has 0 aromatic rings. The molecule has 1 saturated carbocycles. The largest absolute Gasteiger partial charge is 0.468 e. The van der Waals surface area contributed by atoms with Crippen LogP contribution in [-0.4, -0.2) is 37.0 Å². The smallest absolute Gasteiger partial charge is 0.325 e. The summed E-state index contributed by atoms with van der Waals surface area (Å²) in [5.41, 5.74) is 0. The van der Waals surface area contributed by atoms with Crippen molar-refractivity contribution < 1.29 is 14.3 Å². The van der Waals surface area contributed by atoms with Crippen molar-refractivity contribution in [2.45, 2.75) is 39.0 Å². The van der Waals surface area contributed by atoms with Gasteiger partial charge < -0.3 is 9.64 Å². The fraction of sp³-hybridized carbons (Fsp3) is 0.833. The Labute approximate surface area is 96.9 Å². The number of carbonyl (C=O) groups excluding carboxylic acids is 2. The first-order valence-corrected chi connectivity index (χ1v) is 6.02. The van der Waals surface area contributed by atoms with Crippen LogP contribution < -0.4 is 0 Å². The van der Waals surface area contributed by atoms with Crippen molar-refractivity contribution in [2.75, 3.05) is 20.2 Å². The van der Waals surface area contributed by atoms with E-state index in [1.165, 1.54) is 20.0 Å². The van der Waals surface area contributed by atoms with Crippen LogP contribution in [0.3, 0.4) is 0 Å². The lowest BCUT2D eigenvalue weighted by Crippen LogP contribution is -2.36. The Morgan fingerprint density at radius 1 is 1.31 bits per heavy atom. The molecular weight excluding hydrogens is 206 g/mol. The van der Waals surface area contributed by atoms with Crippen LogP contribution in [-0.2, 0) is 14.3 Å². The van der Waals surface area contributed by atoms with Gasteiger partial charge in [0.2, 0.25) is 5.91 Å². The van der Waals surface area contributed by atoms with Gasteiger partial charge in [-0.2, -0.15) is 0 Å². The summed E-state index contributed by atoms with van der Waals surface area (Å²) in [5.74, 6) is 0.264. The van der Waals surface area contributed by atoms with Gasteiger partial charge in [0.1, 0.15) is 6.54 Å². The Hall–Kier alpha value is -1.06. The van der Waals surface area contributed by atoms with Gasteiger partial charge in [-0.25, -0.2) is 0 Å². The Bertz CT molecular complexity index is 247. The topological polar surface area (TPSA) is 46.6 Å². The second-order valence-electron chi connectivity index (χ2n) is 4.34. The minimum atomic E-state index is -0.346. The highest BCUT2D eigenvalue weighted by molar-refractivity contribution is 5.82. The molecule has 1 aliphatic rings. The Morgan fingerprint density at radius 3 is 2.44 bits per heavy atom. The number of hydrogen-bond acceptors (Lipinski definition) is 3. The van der Waals surface area contributed by atoms with Gasteiger partial charge in [0.25, 0.3) is 0 Å². The normalized spacial score (nSPS) is 16.1. The lowest BCUT2D eigenvalue weighted by atomic mass is 10.0. The number of carbonyl (C=O) groups is 2. The van der Waals surface area contributed by atoms with E-state index in [0.717, 1.165) is 12.8 Å². The monoisotopic (exact) mass is 227 g/mol. The average molecular weight is 227 g/mol. The van der Waals surface area contributed by atoms with Gasteiger partial charge in [-0.3, -0.25) is 9.59 Å². The summed E-state index contributed by atoms with van der Waals surface area (Å²) in [4.78, 5) is 24.6. The molecule has 16 heavy (non-hydrogen) atoms. The van der Waals surface area contributed by atoms with Crippen LogP contribution in [0.15, 0.2) is 0 Å². The number of esters is 1. The molecular formula is C12H21NO3. The maximum Gasteiger partial charge on any atom is 0.325 e. The highest BCUT2D eigenvalue weighted by Crippen LogP contribution is 2.27. The van der Waals surface area contributed by atoms with Crippen molar-refractivity contribution in [2.24, 2.45) is 5.92 Å². The number of likely N-dealkylation sites (N-methyl/N-ethyl adjacent to an activating group) is 1. The molecule has 0 aliphatic heterocycles. The summed E-state index contributed by atoms with van der Waals surface area (Å²) in [6.07, 6.45) is 5.37. The predicted molar refractivity (Wildman–Crippen MR) is 60.8 cm³/mol. The van der Waals surface area contributed by atoms with Crippen molar-refractivity contribution in [1.82, 2.24) is 4.90 Å². The molecule has 92 valence electrons. The lowest BCUT2D eigenvalue weighted by molar-refractivity contribution is -0.147. The number of rotatable bonds is 5. The van der Waals surface area contributed by atoms with Gasteiger partial charge in [-0.15, -0.1) is 0 Å². The number of nitrogens with zero attached hydrogens (tertiary/aromatic N) is 1. The van der Waals surface area contributed by atoms with Crippen LogP contribution in [0.5, 0.6) is 0 Å². The van der Waals surface area contributed by atoms with Crippen molar-refractivity contribution in [1.29, 1.82) is 0 Å². The molecule has 1 fully saturated rings. The second kappa shape index (κ2) is 6.51. The molecule has 4 nitrogen and oxygen atoms in total. The van der Waals surface area contributed by atoms with Crippen molar-refractivity contribution in [3.8, 4) is 0 Å². The molecule has 0 radical (unpaired) electrons. The lowest BCUT2D eigenvalue weighted by Gasteiger charge is -2.21. The van der Waals surface area contributed by atoms with Crippen LogP contribution in [0.25, 0.3) is 0 Å². The molecule has 0 saturated heterocycles. The quantitative estimate of drug-likeness (QED) is 0.670. The van der Waals surface area contributed by atoms with Gasteiger partial charge in [-0.1, -0.05) is 12.8 Å². The van der Waals surface area contributed by atoms with E-state index in [-0.39, 0.29) is 18.4 Å². The summed E-state index contributed by atoms with van der Waals surface area (Å²) in [6, 6.07) is 0. The van der Waals surface area contributed by atoms with Crippen LogP contribution in [0.2, 0.25) is 0 Å². The molecule has 0 spiro atoms. The number of amides is 1. The van der Waals surface area contributed by atoms with E-state index in [4.69, 9.17) is 0 Å². The molecule has 0 aromatic heterocycles. The molecule has 0 N–H and O–H groups in total. The highest BCUT2D eigenvalue weighted by Gasteiger charge is 2.22. The van der Waals surface area contributed by atoms with Gasteiger partial charge >= 0.3 is 5.97 Å². The Balaban J connectivity index is 2.38. The Kier molecular flexibility index (Phi) is 5.29. The third kappa shape index (κ3) is 3.83. The molecule has 4 heteroatoms. The van der Waals surface area contributed by atoms with E-state index >= 15 is 0 Å². The molecule has 0 aromatic carbocycles. The van der Waals surface area contributed by atoms with Gasteiger partial charge in [0.15, 0.2) is 0 Å². The summed E-state index contributed by atoms with van der Waals surface area (Å²) in [6.45, 7) is 2.54. The van der Waals surface area contributed by atoms with E-state index in [1.807, 2.05) is 6.92 Å². The van der Waals surface area contributed by atoms with E-state index in [9.17, 15) is 9.59 Å². The molecule has 0 heterocycles. The van der Waals surface area contributed by atoms with Crippen LogP contribution in [0.1, 0.15) is 39.0 Å². The zero-order valence-corrected chi connectivity index (χ0v) is 10.2. The maximum absolute atomic E-state index is 11.9. The average Bonchev–Trinajstić information content (AvgIpc) is 2.77. The number of ether oxygens (including phenoxy) is 1. The standard InChI is InChI=1S/C12H21NO3/c1-3-13(9-12(15)16-2)11(14)8-10-6-4-5-7-10/h10H,3-9H2,1-2H3. The van der Waals surface area contributed by atoms with Crippen molar-refractivity contribution in [3.05, 3.63) is 0 Å². The first kappa shape index (κ1) is 13.0. The summed E-state index contributed by atoms with van der Waals surface area (Å²) < 4.78 is 4.57. The number of hydrogen-bond donors (Lipinski definition) is 0. The highest BCUT2D eigenvalue weighted by atomic mass is 16.5. The fourth-order valence-electron chi connectivity index (χ4n) is 2.19. The molecule has 0 unspecified atom stereocenters. The summed E-state index contributed by atoms with van der Waals surface area (Å²) in [5, 5.41) is 0. The van der Waals surface area contributed by atoms with Crippen LogP contribution in [0, 0.1) is 5.92 Å². The van der Waals surface area contributed by atoms with Crippen LogP contribution >= 0.6 is 0 Å². The zero-order valence-electron chi connectivity index (χ0n) is 10.2. The predicted octanol–water partition coefficient (Wildman–Crippen LogP) is 1.59. The molecule has 0 atom stereocenters. The maximum atomic E-state index is 11.9. The first-order valence-electron chi connectivity index (χ1n) is 6.02. The molecule has 0 bridgehead atoms. The van der Waals surface area contributed by atoms with E-state index < -0.39 is 0 Å². The van der Waals surface area contributed by atoms with Crippen LogP contribution in [0.4, 0.5) is 0 Å². The van der Waals surface area contributed by atoms with Gasteiger partial charge in [0.05, 0.1) is 7.11 Å². The van der Waals surface area contributed by atoms with Gasteiger partial charge in [-0.05, 0) is 25.7 Å². The van der Waals surface area contributed by atoms with E-state index in [2.05, 4.69) is 4.74 Å². The minimum Gasteiger partial charge on any atom is -0.468 e. The van der Waals surface area contributed by atoms with Crippen molar-refractivity contribution in [3.63, 3.8) is 0 Å². The Morgan fingerprint density at radius 2 is 1.94 bits per heavy atom. The van der Waals surface area contributed by atoms with Crippen molar-refractivity contribution >= 4 is 11.9 Å². The molecule has 1 rings (SSSR count). The minimum absolute atomic E-state index is 0.0819. The molecule has 1 aliphatic carbocycles. The first-order chi connectivity index (χ1) is 7.67. The SMILES string of the molecule is CCN(CC(=O)OC)C(=O)CC1CCCC1.